The number of phenols is 1. The van der Waals surface area contributed by atoms with Gasteiger partial charge in [-0.25, -0.2) is 4.39 Å². The summed E-state index contributed by atoms with van der Waals surface area (Å²) >= 11 is 0. The first-order chi connectivity index (χ1) is 8.11. The van der Waals surface area contributed by atoms with Crippen LogP contribution in [0, 0.1) is 11.7 Å². The molecule has 0 aromatic heterocycles. The average molecular weight is 240 g/mol. The predicted octanol–water partition coefficient (Wildman–Crippen LogP) is 1.54. The number of ether oxygens (including phenoxy) is 1. The van der Waals surface area contributed by atoms with E-state index in [9.17, 15) is 9.50 Å². The molecule has 0 radical (unpaired) electrons. The van der Waals surface area contributed by atoms with Crippen LogP contribution in [-0.4, -0.2) is 18.3 Å². The Labute approximate surface area is 99.4 Å². The lowest BCUT2D eigenvalue weighted by Crippen LogP contribution is -2.27. The number of aromatic hydroxyl groups is 1. The monoisotopic (exact) mass is 240 g/mol. The first-order valence-electron chi connectivity index (χ1n) is 5.71. The van der Waals surface area contributed by atoms with E-state index in [0.29, 0.717) is 18.8 Å². The number of rotatable bonds is 2. The van der Waals surface area contributed by atoms with Crippen LogP contribution in [0.4, 0.5) is 10.1 Å². The van der Waals surface area contributed by atoms with Crippen LogP contribution < -0.4 is 11.5 Å². The Balaban J connectivity index is 2.24. The van der Waals surface area contributed by atoms with Gasteiger partial charge in [0.2, 0.25) is 0 Å². The number of nitrogens with two attached hydrogens (primary N) is 2. The second-order valence-electron chi connectivity index (χ2n) is 4.37. The molecule has 1 aliphatic rings. The maximum absolute atomic E-state index is 13.1. The van der Waals surface area contributed by atoms with Crippen molar-refractivity contribution in [2.24, 2.45) is 11.7 Å². The maximum Gasteiger partial charge on any atom is 0.149 e. The molecule has 0 saturated carbocycles. The molecule has 1 fully saturated rings. The first-order valence-corrected chi connectivity index (χ1v) is 5.71. The van der Waals surface area contributed by atoms with Crippen LogP contribution in [0.1, 0.15) is 24.4 Å². The molecule has 1 heterocycles. The molecular weight excluding hydrogens is 223 g/mol. The largest absolute Gasteiger partial charge is 0.505 e. The van der Waals surface area contributed by atoms with Crippen molar-refractivity contribution < 1.29 is 14.2 Å². The van der Waals surface area contributed by atoms with E-state index in [2.05, 4.69) is 0 Å². The summed E-state index contributed by atoms with van der Waals surface area (Å²) < 4.78 is 18.4. The fourth-order valence-corrected chi connectivity index (χ4v) is 2.20. The molecule has 94 valence electrons. The summed E-state index contributed by atoms with van der Waals surface area (Å²) in [6.45, 7) is 1.35. The highest BCUT2D eigenvalue weighted by Gasteiger charge is 2.25. The van der Waals surface area contributed by atoms with Crippen LogP contribution in [0.2, 0.25) is 0 Å². The number of phenolic OH excluding ortho intramolecular Hbond substituents is 1. The summed E-state index contributed by atoms with van der Waals surface area (Å²) in [4.78, 5) is 0. The zero-order valence-electron chi connectivity index (χ0n) is 9.53. The van der Waals surface area contributed by atoms with E-state index in [-0.39, 0.29) is 23.4 Å². The quantitative estimate of drug-likeness (QED) is 0.541. The van der Waals surface area contributed by atoms with Gasteiger partial charge in [0.15, 0.2) is 0 Å². The third-order valence-electron chi connectivity index (χ3n) is 3.33. The third kappa shape index (κ3) is 2.35. The molecular formula is C12H17FN2O2. The van der Waals surface area contributed by atoms with E-state index in [1.807, 2.05) is 0 Å². The normalized spacial score (nSPS) is 19.2. The summed E-state index contributed by atoms with van der Waals surface area (Å²) in [5.41, 5.74) is 11.8. The van der Waals surface area contributed by atoms with Gasteiger partial charge in [-0.15, -0.1) is 0 Å². The van der Waals surface area contributed by atoms with Crippen molar-refractivity contribution in [2.75, 3.05) is 18.9 Å². The lowest BCUT2D eigenvalue weighted by atomic mass is 9.87. The van der Waals surface area contributed by atoms with Crippen LogP contribution in [0.3, 0.4) is 0 Å². The molecule has 1 saturated heterocycles. The Morgan fingerprint density at radius 1 is 1.35 bits per heavy atom. The van der Waals surface area contributed by atoms with Crippen LogP contribution in [0.5, 0.6) is 5.75 Å². The minimum Gasteiger partial charge on any atom is -0.505 e. The molecule has 5 heteroatoms. The summed E-state index contributed by atoms with van der Waals surface area (Å²) in [7, 11) is 0. The van der Waals surface area contributed by atoms with Gasteiger partial charge in [-0.1, -0.05) is 6.07 Å². The van der Waals surface area contributed by atoms with Crippen molar-refractivity contribution in [2.45, 2.75) is 18.9 Å². The smallest absolute Gasteiger partial charge is 0.149 e. The van der Waals surface area contributed by atoms with Crippen molar-refractivity contribution in [3.8, 4) is 5.75 Å². The highest BCUT2D eigenvalue weighted by atomic mass is 19.1. The van der Waals surface area contributed by atoms with Gasteiger partial charge in [0.25, 0.3) is 0 Å². The minimum atomic E-state index is -0.620. The molecule has 0 spiro atoms. The summed E-state index contributed by atoms with van der Waals surface area (Å²) in [6.07, 6.45) is 1.69. The Bertz CT molecular complexity index is 406. The lowest BCUT2D eigenvalue weighted by molar-refractivity contribution is 0.0581. The van der Waals surface area contributed by atoms with Crippen molar-refractivity contribution in [3.63, 3.8) is 0 Å². The van der Waals surface area contributed by atoms with E-state index in [0.717, 1.165) is 12.8 Å². The maximum atomic E-state index is 13.1. The molecule has 5 N–H and O–H groups in total. The van der Waals surface area contributed by atoms with E-state index in [1.54, 1.807) is 0 Å². The Morgan fingerprint density at radius 3 is 2.65 bits per heavy atom. The fourth-order valence-electron chi connectivity index (χ4n) is 2.20. The number of hydrogen-bond acceptors (Lipinski definition) is 4. The van der Waals surface area contributed by atoms with Gasteiger partial charge in [-0.2, -0.15) is 0 Å². The fraction of sp³-hybridized carbons (Fsp3) is 0.500. The van der Waals surface area contributed by atoms with Crippen LogP contribution in [0.15, 0.2) is 12.1 Å². The van der Waals surface area contributed by atoms with E-state index >= 15 is 0 Å². The zero-order chi connectivity index (χ0) is 12.4. The van der Waals surface area contributed by atoms with E-state index < -0.39 is 5.82 Å². The SMILES string of the molecule is Nc1c(F)ccc([C@@H](N)C2CCOCC2)c1O. The number of anilines is 1. The average Bonchev–Trinajstić information content (AvgIpc) is 2.36. The molecule has 4 nitrogen and oxygen atoms in total. The summed E-state index contributed by atoms with van der Waals surface area (Å²) in [5, 5.41) is 9.80. The topological polar surface area (TPSA) is 81.5 Å². The first kappa shape index (κ1) is 12.1. The second-order valence-corrected chi connectivity index (χ2v) is 4.37. The van der Waals surface area contributed by atoms with Gasteiger partial charge in [-0.05, 0) is 24.8 Å². The Kier molecular flexibility index (Phi) is 3.49. The Morgan fingerprint density at radius 2 is 2.00 bits per heavy atom. The Hall–Kier alpha value is -1.33. The van der Waals surface area contributed by atoms with E-state index in [4.69, 9.17) is 16.2 Å². The molecule has 17 heavy (non-hydrogen) atoms. The molecule has 1 aliphatic heterocycles. The van der Waals surface area contributed by atoms with E-state index in [1.165, 1.54) is 12.1 Å². The summed E-state index contributed by atoms with van der Waals surface area (Å²) in [6, 6.07) is 2.41. The van der Waals surface area contributed by atoms with Gasteiger partial charge < -0.3 is 21.3 Å². The van der Waals surface area contributed by atoms with Crippen LogP contribution in [-0.2, 0) is 4.74 Å². The van der Waals surface area contributed by atoms with Gasteiger partial charge in [0.05, 0.1) is 0 Å². The zero-order valence-corrected chi connectivity index (χ0v) is 9.53. The van der Waals surface area contributed by atoms with Crippen LogP contribution >= 0.6 is 0 Å². The molecule has 2 rings (SSSR count). The van der Waals surface area contributed by atoms with Crippen LogP contribution in [0.25, 0.3) is 0 Å². The third-order valence-corrected chi connectivity index (χ3v) is 3.33. The summed E-state index contributed by atoms with van der Waals surface area (Å²) in [5.74, 6) is -0.617. The number of nitrogen functional groups attached to an aromatic ring is 1. The molecule has 1 aromatic carbocycles. The van der Waals surface area contributed by atoms with Crippen molar-refractivity contribution >= 4 is 5.69 Å². The second kappa shape index (κ2) is 4.89. The van der Waals surface area contributed by atoms with Gasteiger partial charge >= 0.3 is 0 Å². The standard InChI is InChI=1S/C12H17FN2O2/c13-9-2-1-8(12(16)11(9)15)10(14)7-3-5-17-6-4-7/h1-2,7,10,16H,3-6,14-15H2/t10-/m0/s1. The van der Waals surface area contributed by atoms with Gasteiger partial charge in [0, 0.05) is 24.8 Å². The molecule has 1 aromatic rings. The number of halogens is 1. The molecule has 1 atom stereocenters. The highest BCUT2D eigenvalue weighted by molar-refractivity contribution is 5.57. The highest BCUT2D eigenvalue weighted by Crippen LogP contribution is 2.36. The van der Waals surface area contributed by atoms with Crippen molar-refractivity contribution in [1.82, 2.24) is 0 Å². The minimum absolute atomic E-state index is 0.231. The molecule has 0 aliphatic carbocycles. The number of hydrogen-bond donors (Lipinski definition) is 3. The lowest BCUT2D eigenvalue weighted by Gasteiger charge is -2.28. The van der Waals surface area contributed by atoms with Crippen molar-refractivity contribution in [1.29, 1.82) is 0 Å². The van der Waals surface area contributed by atoms with Gasteiger partial charge in [-0.3, -0.25) is 0 Å². The molecule has 0 unspecified atom stereocenters. The van der Waals surface area contributed by atoms with Gasteiger partial charge in [0.1, 0.15) is 17.3 Å². The van der Waals surface area contributed by atoms with Crippen molar-refractivity contribution in [3.05, 3.63) is 23.5 Å². The molecule has 0 bridgehead atoms. The predicted molar refractivity (Wildman–Crippen MR) is 62.9 cm³/mol. The number of benzene rings is 1. The molecule has 0 amide bonds.